The monoisotopic (exact) mass is 356 g/mol. The largest absolute Gasteiger partial charge is 0.381 e. The van der Waals surface area contributed by atoms with E-state index in [2.05, 4.69) is 48.2 Å². The normalized spacial score (nSPS) is 16.6. The molecule has 1 rings (SSSR count). The first kappa shape index (κ1) is 22.2. The molecular formula is C19H40N4O2. The van der Waals surface area contributed by atoms with Crippen LogP contribution in [0, 0.1) is 5.92 Å². The van der Waals surface area contributed by atoms with Crippen molar-refractivity contribution >= 4 is 5.96 Å². The predicted octanol–water partition coefficient (Wildman–Crippen LogP) is 2.11. The molecule has 1 heterocycles. The topological polar surface area (TPSA) is 58.1 Å². The van der Waals surface area contributed by atoms with E-state index in [0.717, 1.165) is 84.4 Å². The SMILES string of the molecule is CCNC(=NCCCOCC1CCOCC1)NCCN(CC)C(C)C. The smallest absolute Gasteiger partial charge is 0.191 e. The molecule has 1 aliphatic rings. The van der Waals surface area contributed by atoms with E-state index in [1.54, 1.807) is 0 Å². The molecule has 1 aliphatic heterocycles. The zero-order valence-electron chi connectivity index (χ0n) is 16.9. The Kier molecular flexibility index (Phi) is 12.7. The van der Waals surface area contributed by atoms with Crippen LogP contribution in [0.3, 0.4) is 0 Å². The van der Waals surface area contributed by atoms with Gasteiger partial charge in [0.05, 0.1) is 0 Å². The van der Waals surface area contributed by atoms with E-state index < -0.39 is 0 Å². The standard InChI is InChI=1S/C19H40N4O2/c1-5-20-19(22-11-12-23(6-2)17(3)4)21-10-7-13-25-16-18-8-14-24-15-9-18/h17-18H,5-16H2,1-4H3,(H2,20,21,22). The lowest BCUT2D eigenvalue weighted by Crippen LogP contribution is -2.43. The Morgan fingerprint density at radius 1 is 1.24 bits per heavy atom. The lowest BCUT2D eigenvalue weighted by molar-refractivity contribution is 0.0205. The Morgan fingerprint density at radius 2 is 2.00 bits per heavy atom. The van der Waals surface area contributed by atoms with Crippen LogP contribution in [0.1, 0.15) is 47.0 Å². The highest BCUT2D eigenvalue weighted by atomic mass is 16.5. The van der Waals surface area contributed by atoms with Crippen LogP contribution in [0.4, 0.5) is 0 Å². The van der Waals surface area contributed by atoms with Gasteiger partial charge in [0.2, 0.25) is 0 Å². The van der Waals surface area contributed by atoms with Gasteiger partial charge in [-0.25, -0.2) is 0 Å². The molecule has 25 heavy (non-hydrogen) atoms. The van der Waals surface area contributed by atoms with Crippen molar-refractivity contribution in [2.75, 3.05) is 59.2 Å². The summed E-state index contributed by atoms with van der Waals surface area (Å²) in [6.45, 7) is 16.9. The minimum atomic E-state index is 0.583. The third-order valence-corrected chi connectivity index (χ3v) is 4.58. The van der Waals surface area contributed by atoms with Gasteiger partial charge in [-0.05, 0) is 52.5 Å². The number of hydrogen-bond donors (Lipinski definition) is 2. The average Bonchev–Trinajstić information content (AvgIpc) is 2.62. The van der Waals surface area contributed by atoms with Crippen LogP contribution < -0.4 is 10.6 Å². The summed E-state index contributed by atoms with van der Waals surface area (Å²) in [4.78, 5) is 7.09. The lowest BCUT2D eigenvalue weighted by Gasteiger charge is -2.25. The second-order valence-electron chi connectivity index (χ2n) is 6.89. The minimum Gasteiger partial charge on any atom is -0.381 e. The van der Waals surface area contributed by atoms with E-state index in [1.165, 1.54) is 0 Å². The third kappa shape index (κ3) is 10.7. The van der Waals surface area contributed by atoms with Crippen molar-refractivity contribution in [3.05, 3.63) is 0 Å². The highest BCUT2D eigenvalue weighted by Crippen LogP contribution is 2.14. The Morgan fingerprint density at radius 3 is 2.64 bits per heavy atom. The Labute approximate surface area is 154 Å². The molecule has 148 valence electrons. The Balaban J connectivity index is 2.14. The van der Waals surface area contributed by atoms with Crippen LogP contribution in [-0.4, -0.2) is 76.1 Å². The first-order valence-electron chi connectivity index (χ1n) is 10.1. The van der Waals surface area contributed by atoms with Gasteiger partial charge in [-0.15, -0.1) is 0 Å². The van der Waals surface area contributed by atoms with Gasteiger partial charge >= 0.3 is 0 Å². The second kappa shape index (κ2) is 14.3. The van der Waals surface area contributed by atoms with Gasteiger partial charge in [-0.3, -0.25) is 9.89 Å². The molecule has 2 N–H and O–H groups in total. The van der Waals surface area contributed by atoms with E-state index >= 15 is 0 Å². The molecule has 0 aliphatic carbocycles. The number of likely N-dealkylation sites (N-methyl/N-ethyl adjacent to an activating group) is 1. The zero-order valence-corrected chi connectivity index (χ0v) is 16.9. The molecule has 0 saturated carbocycles. The summed E-state index contributed by atoms with van der Waals surface area (Å²) in [6, 6.07) is 0.583. The maximum Gasteiger partial charge on any atom is 0.191 e. The fraction of sp³-hybridized carbons (Fsp3) is 0.947. The third-order valence-electron chi connectivity index (χ3n) is 4.58. The molecule has 0 atom stereocenters. The van der Waals surface area contributed by atoms with E-state index in [-0.39, 0.29) is 0 Å². The van der Waals surface area contributed by atoms with Gasteiger partial charge in [-0.1, -0.05) is 6.92 Å². The number of nitrogens with one attached hydrogen (secondary N) is 2. The van der Waals surface area contributed by atoms with Crippen molar-refractivity contribution in [2.24, 2.45) is 10.9 Å². The number of rotatable bonds is 12. The van der Waals surface area contributed by atoms with Gasteiger partial charge in [0.25, 0.3) is 0 Å². The predicted molar refractivity (Wildman–Crippen MR) is 105 cm³/mol. The molecule has 0 unspecified atom stereocenters. The number of guanidine groups is 1. The molecule has 0 aromatic carbocycles. The summed E-state index contributed by atoms with van der Waals surface area (Å²) >= 11 is 0. The molecule has 0 bridgehead atoms. The molecule has 1 saturated heterocycles. The Hall–Kier alpha value is -0.850. The van der Waals surface area contributed by atoms with Crippen LogP contribution in [-0.2, 0) is 9.47 Å². The highest BCUT2D eigenvalue weighted by Gasteiger charge is 2.13. The highest BCUT2D eigenvalue weighted by molar-refractivity contribution is 5.79. The number of aliphatic imine (C=N–C) groups is 1. The molecule has 0 radical (unpaired) electrons. The van der Waals surface area contributed by atoms with Crippen molar-refractivity contribution in [3.63, 3.8) is 0 Å². The van der Waals surface area contributed by atoms with Gasteiger partial charge in [-0.2, -0.15) is 0 Å². The molecule has 1 fully saturated rings. The average molecular weight is 357 g/mol. The second-order valence-corrected chi connectivity index (χ2v) is 6.89. The van der Waals surface area contributed by atoms with Crippen LogP contribution >= 0.6 is 0 Å². The summed E-state index contributed by atoms with van der Waals surface area (Å²) in [7, 11) is 0. The summed E-state index contributed by atoms with van der Waals surface area (Å²) in [5.41, 5.74) is 0. The molecule has 6 heteroatoms. The van der Waals surface area contributed by atoms with E-state index in [4.69, 9.17) is 9.47 Å². The molecule has 0 aromatic rings. The van der Waals surface area contributed by atoms with Gasteiger partial charge in [0.15, 0.2) is 5.96 Å². The van der Waals surface area contributed by atoms with E-state index in [9.17, 15) is 0 Å². The van der Waals surface area contributed by atoms with Crippen LogP contribution in [0.2, 0.25) is 0 Å². The molecule has 6 nitrogen and oxygen atoms in total. The van der Waals surface area contributed by atoms with Crippen molar-refractivity contribution in [1.82, 2.24) is 15.5 Å². The van der Waals surface area contributed by atoms with Gasteiger partial charge in [0, 0.05) is 58.6 Å². The summed E-state index contributed by atoms with van der Waals surface area (Å²) < 4.78 is 11.2. The Bertz CT molecular complexity index is 344. The fourth-order valence-corrected chi connectivity index (χ4v) is 2.96. The first-order valence-corrected chi connectivity index (χ1v) is 10.1. The zero-order chi connectivity index (χ0) is 18.3. The number of ether oxygens (including phenoxy) is 2. The number of hydrogen-bond acceptors (Lipinski definition) is 4. The van der Waals surface area contributed by atoms with Gasteiger partial charge in [0.1, 0.15) is 0 Å². The van der Waals surface area contributed by atoms with Crippen molar-refractivity contribution in [3.8, 4) is 0 Å². The van der Waals surface area contributed by atoms with Crippen LogP contribution in [0.25, 0.3) is 0 Å². The quantitative estimate of drug-likeness (QED) is 0.319. The number of nitrogens with zero attached hydrogens (tertiary/aromatic N) is 2. The van der Waals surface area contributed by atoms with Crippen LogP contribution in [0.5, 0.6) is 0 Å². The lowest BCUT2D eigenvalue weighted by atomic mass is 10.0. The van der Waals surface area contributed by atoms with Crippen molar-refractivity contribution in [2.45, 2.75) is 53.0 Å². The maximum atomic E-state index is 5.80. The molecule has 0 spiro atoms. The van der Waals surface area contributed by atoms with Crippen molar-refractivity contribution < 1.29 is 9.47 Å². The summed E-state index contributed by atoms with van der Waals surface area (Å²) in [5.74, 6) is 1.59. The minimum absolute atomic E-state index is 0.583. The van der Waals surface area contributed by atoms with E-state index in [1.807, 2.05) is 0 Å². The molecule has 0 aromatic heterocycles. The summed E-state index contributed by atoms with van der Waals surface area (Å²) in [6.07, 6.45) is 3.24. The van der Waals surface area contributed by atoms with Crippen LogP contribution in [0.15, 0.2) is 4.99 Å². The first-order chi connectivity index (χ1) is 12.2. The molecule has 0 amide bonds. The summed E-state index contributed by atoms with van der Waals surface area (Å²) in [5, 5.41) is 6.74. The fourth-order valence-electron chi connectivity index (χ4n) is 2.96. The molecular weight excluding hydrogens is 316 g/mol. The van der Waals surface area contributed by atoms with Crippen molar-refractivity contribution in [1.29, 1.82) is 0 Å². The van der Waals surface area contributed by atoms with Gasteiger partial charge < -0.3 is 20.1 Å². The van der Waals surface area contributed by atoms with E-state index in [0.29, 0.717) is 12.0 Å². The maximum absolute atomic E-state index is 5.80.